The molecule has 1 aromatic carbocycles. The molecule has 0 radical (unpaired) electrons. The molecule has 0 fully saturated rings. The van der Waals surface area contributed by atoms with Crippen LogP contribution in [0.1, 0.15) is 30.5 Å². The summed E-state index contributed by atoms with van der Waals surface area (Å²) in [6, 6.07) is 4.67. The lowest BCUT2D eigenvalue weighted by Crippen LogP contribution is -2.29. The molecule has 16 heavy (non-hydrogen) atoms. The quantitative estimate of drug-likeness (QED) is 0.443. The Morgan fingerprint density at radius 1 is 1.50 bits per heavy atom. The van der Waals surface area contributed by atoms with Crippen LogP contribution < -0.4 is 11.3 Å². The third kappa shape index (κ3) is 3.56. The minimum atomic E-state index is -0.239. The van der Waals surface area contributed by atoms with E-state index in [-0.39, 0.29) is 11.9 Å². The van der Waals surface area contributed by atoms with Crippen LogP contribution in [-0.4, -0.2) is 13.2 Å². The zero-order valence-corrected chi connectivity index (χ0v) is 9.79. The fourth-order valence-electron chi connectivity index (χ4n) is 1.66. The zero-order valence-electron chi connectivity index (χ0n) is 9.79. The van der Waals surface area contributed by atoms with Gasteiger partial charge in [0, 0.05) is 19.3 Å². The van der Waals surface area contributed by atoms with E-state index < -0.39 is 0 Å². The van der Waals surface area contributed by atoms with Gasteiger partial charge in [-0.15, -0.1) is 0 Å². The average Bonchev–Trinajstić information content (AvgIpc) is 2.28. The molecule has 0 aliphatic heterocycles. The van der Waals surface area contributed by atoms with Crippen molar-refractivity contribution in [2.24, 2.45) is 5.84 Å². The van der Waals surface area contributed by atoms with E-state index in [2.05, 4.69) is 5.43 Å². The highest BCUT2D eigenvalue weighted by molar-refractivity contribution is 5.29. The van der Waals surface area contributed by atoms with Gasteiger partial charge >= 0.3 is 0 Å². The molecule has 1 rings (SSSR count). The van der Waals surface area contributed by atoms with Crippen LogP contribution >= 0.6 is 0 Å². The van der Waals surface area contributed by atoms with Crippen molar-refractivity contribution in [1.82, 2.24) is 5.43 Å². The molecule has 0 heterocycles. The predicted octanol–water partition coefficient (Wildman–Crippen LogP) is 2.07. The van der Waals surface area contributed by atoms with E-state index in [1.54, 1.807) is 6.07 Å². The van der Waals surface area contributed by atoms with Crippen LogP contribution in [0.15, 0.2) is 18.2 Å². The van der Waals surface area contributed by atoms with Crippen molar-refractivity contribution in [2.45, 2.75) is 26.3 Å². The fraction of sp³-hybridized carbons (Fsp3) is 0.500. The van der Waals surface area contributed by atoms with E-state index >= 15 is 0 Å². The SMILES string of the molecule is CCOCCC(NN)c1cc(F)ccc1C. The van der Waals surface area contributed by atoms with E-state index in [0.29, 0.717) is 13.2 Å². The Labute approximate surface area is 95.8 Å². The molecule has 3 N–H and O–H groups in total. The van der Waals surface area contributed by atoms with Gasteiger partial charge < -0.3 is 4.74 Å². The Kier molecular flexibility index (Phi) is 5.38. The molecule has 0 spiro atoms. The van der Waals surface area contributed by atoms with Crippen molar-refractivity contribution in [2.75, 3.05) is 13.2 Å². The summed E-state index contributed by atoms with van der Waals surface area (Å²) in [6.45, 7) is 5.18. The Morgan fingerprint density at radius 3 is 2.88 bits per heavy atom. The number of hydrogen-bond donors (Lipinski definition) is 2. The predicted molar refractivity (Wildman–Crippen MR) is 62.3 cm³/mol. The molecule has 3 nitrogen and oxygen atoms in total. The van der Waals surface area contributed by atoms with Gasteiger partial charge in [-0.3, -0.25) is 11.3 Å². The number of hydrogen-bond acceptors (Lipinski definition) is 3. The minimum absolute atomic E-state index is 0.0674. The van der Waals surface area contributed by atoms with E-state index in [1.165, 1.54) is 12.1 Å². The van der Waals surface area contributed by atoms with Gasteiger partial charge in [-0.05, 0) is 43.5 Å². The van der Waals surface area contributed by atoms with Crippen LogP contribution in [0.5, 0.6) is 0 Å². The number of hydrazine groups is 1. The highest BCUT2D eigenvalue weighted by Crippen LogP contribution is 2.21. The van der Waals surface area contributed by atoms with Gasteiger partial charge in [0.2, 0.25) is 0 Å². The number of nitrogens with one attached hydrogen (secondary N) is 1. The Bertz CT molecular complexity index is 331. The molecule has 4 heteroatoms. The summed E-state index contributed by atoms with van der Waals surface area (Å²) in [5, 5.41) is 0. The summed E-state index contributed by atoms with van der Waals surface area (Å²) in [6.07, 6.45) is 0.731. The lowest BCUT2D eigenvalue weighted by Gasteiger charge is -2.18. The first-order valence-electron chi connectivity index (χ1n) is 5.49. The van der Waals surface area contributed by atoms with Gasteiger partial charge in [0.25, 0.3) is 0 Å². The zero-order chi connectivity index (χ0) is 12.0. The molecule has 1 unspecified atom stereocenters. The van der Waals surface area contributed by atoms with Crippen molar-refractivity contribution in [3.8, 4) is 0 Å². The summed E-state index contributed by atoms with van der Waals surface area (Å²) in [5.74, 6) is 5.24. The monoisotopic (exact) mass is 226 g/mol. The number of rotatable bonds is 6. The van der Waals surface area contributed by atoms with Crippen LogP contribution in [0.3, 0.4) is 0 Å². The van der Waals surface area contributed by atoms with E-state index in [4.69, 9.17) is 10.6 Å². The minimum Gasteiger partial charge on any atom is -0.382 e. The fourth-order valence-corrected chi connectivity index (χ4v) is 1.66. The van der Waals surface area contributed by atoms with Gasteiger partial charge in [0.05, 0.1) is 0 Å². The summed E-state index contributed by atoms with van der Waals surface area (Å²) in [5.41, 5.74) is 4.62. The molecule has 0 amide bonds. The molecule has 1 aromatic rings. The Morgan fingerprint density at radius 2 is 2.25 bits per heavy atom. The maximum absolute atomic E-state index is 13.1. The van der Waals surface area contributed by atoms with Crippen molar-refractivity contribution in [3.05, 3.63) is 35.1 Å². The van der Waals surface area contributed by atoms with E-state index in [0.717, 1.165) is 17.5 Å². The van der Waals surface area contributed by atoms with Crippen molar-refractivity contribution in [1.29, 1.82) is 0 Å². The standard InChI is InChI=1S/C12H19FN2O/c1-3-16-7-6-12(15-14)11-8-10(13)5-4-9(11)2/h4-5,8,12,15H,3,6-7,14H2,1-2H3. The largest absolute Gasteiger partial charge is 0.382 e. The second kappa shape index (κ2) is 6.58. The second-order valence-electron chi connectivity index (χ2n) is 3.71. The van der Waals surface area contributed by atoms with Gasteiger partial charge in [0.1, 0.15) is 5.82 Å². The van der Waals surface area contributed by atoms with Crippen LogP contribution in [0.4, 0.5) is 4.39 Å². The number of ether oxygens (including phenoxy) is 1. The smallest absolute Gasteiger partial charge is 0.123 e. The number of benzene rings is 1. The molecular weight excluding hydrogens is 207 g/mol. The number of halogens is 1. The topological polar surface area (TPSA) is 47.3 Å². The first-order chi connectivity index (χ1) is 7.69. The third-order valence-electron chi connectivity index (χ3n) is 2.57. The maximum atomic E-state index is 13.1. The summed E-state index contributed by atoms with van der Waals surface area (Å²) >= 11 is 0. The Balaban J connectivity index is 2.73. The van der Waals surface area contributed by atoms with Gasteiger partial charge in [-0.2, -0.15) is 0 Å². The molecular formula is C12H19FN2O. The highest BCUT2D eigenvalue weighted by Gasteiger charge is 2.12. The Hall–Kier alpha value is -0.970. The molecule has 0 aliphatic rings. The van der Waals surface area contributed by atoms with Crippen molar-refractivity contribution >= 4 is 0 Å². The molecule has 90 valence electrons. The molecule has 0 saturated carbocycles. The molecule has 0 aliphatic carbocycles. The van der Waals surface area contributed by atoms with Gasteiger partial charge in [0.15, 0.2) is 0 Å². The second-order valence-corrected chi connectivity index (χ2v) is 3.71. The van der Waals surface area contributed by atoms with Gasteiger partial charge in [-0.25, -0.2) is 4.39 Å². The molecule has 0 aromatic heterocycles. The van der Waals surface area contributed by atoms with Crippen LogP contribution in [0, 0.1) is 12.7 Å². The van der Waals surface area contributed by atoms with Crippen molar-refractivity contribution < 1.29 is 9.13 Å². The lowest BCUT2D eigenvalue weighted by atomic mass is 9.99. The summed E-state index contributed by atoms with van der Waals surface area (Å²) in [7, 11) is 0. The summed E-state index contributed by atoms with van der Waals surface area (Å²) in [4.78, 5) is 0. The normalized spacial score (nSPS) is 12.8. The molecule has 0 saturated heterocycles. The summed E-state index contributed by atoms with van der Waals surface area (Å²) < 4.78 is 18.4. The first kappa shape index (κ1) is 13.1. The lowest BCUT2D eigenvalue weighted by molar-refractivity contribution is 0.136. The number of aryl methyl sites for hydroxylation is 1. The van der Waals surface area contributed by atoms with Crippen LogP contribution in [0.25, 0.3) is 0 Å². The van der Waals surface area contributed by atoms with E-state index in [9.17, 15) is 4.39 Å². The number of nitrogens with two attached hydrogens (primary N) is 1. The molecule has 0 bridgehead atoms. The van der Waals surface area contributed by atoms with Crippen molar-refractivity contribution in [3.63, 3.8) is 0 Å². The molecule has 1 atom stereocenters. The third-order valence-corrected chi connectivity index (χ3v) is 2.57. The van der Waals surface area contributed by atoms with Crippen LogP contribution in [0.2, 0.25) is 0 Å². The van der Waals surface area contributed by atoms with Crippen LogP contribution in [-0.2, 0) is 4.74 Å². The average molecular weight is 226 g/mol. The van der Waals surface area contributed by atoms with E-state index in [1.807, 2.05) is 13.8 Å². The highest BCUT2D eigenvalue weighted by atomic mass is 19.1. The maximum Gasteiger partial charge on any atom is 0.123 e. The first-order valence-corrected chi connectivity index (χ1v) is 5.49. The van der Waals surface area contributed by atoms with Gasteiger partial charge in [-0.1, -0.05) is 6.07 Å².